The first kappa shape index (κ1) is 13.7. The molecule has 0 bridgehead atoms. The molecule has 0 aromatic carbocycles. The zero-order valence-electron chi connectivity index (χ0n) is 9.18. The molecule has 15 heavy (non-hydrogen) atoms. The molecule has 0 rings (SSSR count). The summed E-state index contributed by atoms with van der Waals surface area (Å²) < 4.78 is 0. The number of carbonyl (C=O) groups excluding carboxylic acids is 1. The molecule has 88 valence electrons. The van der Waals surface area contributed by atoms with E-state index in [0.29, 0.717) is 13.0 Å². The highest BCUT2D eigenvalue weighted by atomic mass is 16.4. The fourth-order valence-corrected chi connectivity index (χ4v) is 1.20. The van der Waals surface area contributed by atoms with Crippen LogP contribution in [-0.4, -0.2) is 46.1 Å². The Balaban J connectivity index is 4.29. The molecule has 0 unspecified atom stereocenters. The van der Waals surface area contributed by atoms with Crippen LogP contribution in [0.3, 0.4) is 0 Å². The molecule has 4 N–H and O–H groups in total. The lowest BCUT2D eigenvalue weighted by atomic mass is 10.2. The average Bonchev–Trinajstić information content (AvgIpc) is 2.17. The number of rotatable bonds is 6. The van der Waals surface area contributed by atoms with E-state index < -0.39 is 0 Å². The van der Waals surface area contributed by atoms with Gasteiger partial charge < -0.3 is 20.9 Å². The van der Waals surface area contributed by atoms with Crippen molar-refractivity contribution in [3.05, 3.63) is 0 Å². The number of amidine groups is 1. The molecule has 0 fully saturated rings. The summed E-state index contributed by atoms with van der Waals surface area (Å²) in [5, 5.41) is 19.8. The van der Waals surface area contributed by atoms with Crippen LogP contribution >= 0.6 is 0 Å². The van der Waals surface area contributed by atoms with Gasteiger partial charge in [-0.2, -0.15) is 0 Å². The number of aliphatic hydroxyl groups excluding tert-OH is 1. The van der Waals surface area contributed by atoms with E-state index in [0.717, 1.165) is 0 Å². The topological polar surface area (TPSA) is 99.2 Å². The molecule has 0 heterocycles. The van der Waals surface area contributed by atoms with Crippen LogP contribution in [0.5, 0.6) is 0 Å². The fraction of sp³-hybridized carbons (Fsp3) is 0.778. The molecule has 0 aliphatic carbocycles. The van der Waals surface area contributed by atoms with E-state index in [1.807, 2.05) is 13.8 Å². The zero-order chi connectivity index (χ0) is 11.8. The van der Waals surface area contributed by atoms with Crippen molar-refractivity contribution in [3.8, 4) is 0 Å². The van der Waals surface area contributed by atoms with E-state index in [9.17, 15) is 4.79 Å². The Labute approximate surface area is 89.4 Å². The van der Waals surface area contributed by atoms with E-state index in [4.69, 9.17) is 16.0 Å². The maximum atomic E-state index is 11.6. The summed E-state index contributed by atoms with van der Waals surface area (Å²) >= 11 is 0. The van der Waals surface area contributed by atoms with Gasteiger partial charge in [-0.15, -0.1) is 0 Å². The molecule has 0 aliphatic heterocycles. The van der Waals surface area contributed by atoms with Gasteiger partial charge in [0.1, 0.15) is 5.84 Å². The van der Waals surface area contributed by atoms with Crippen molar-refractivity contribution >= 4 is 11.7 Å². The minimum absolute atomic E-state index is 0.0375. The Morgan fingerprint density at radius 1 is 1.53 bits per heavy atom. The summed E-state index contributed by atoms with van der Waals surface area (Å²) in [4.78, 5) is 13.2. The predicted molar refractivity (Wildman–Crippen MR) is 56.6 cm³/mol. The van der Waals surface area contributed by atoms with Gasteiger partial charge in [-0.25, -0.2) is 0 Å². The third-order valence-corrected chi connectivity index (χ3v) is 1.96. The van der Waals surface area contributed by atoms with Crippen molar-refractivity contribution in [1.82, 2.24) is 4.90 Å². The lowest BCUT2D eigenvalue weighted by Gasteiger charge is -2.26. The maximum Gasteiger partial charge on any atom is 0.230 e. The van der Waals surface area contributed by atoms with E-state index >= 15 is 0 Å². The van der Waals surface area contributed by atoms with E-state index in [-0.39, 0.29) is 30.8 Å². The smallest absolute Gasteiger partial charge is 0.230 e. The van der Waals surface area contributed by atoms with Crippen LogP contribution in [0.15, 0.2) is 5.16 Å². The second kappa shape index (κ2) is 7.05. The molecule has 0 spiro atoms. The first-order chi connectivity index (χ1) is 7.02. The molecular formula is C9H19N3O3. The van der Waals surface area contributed by atoms with Gasteiger partial charge in [-0.05, 0) is 20.3 Å². The largest absolute Gasteiger partial charge is 0.409 e. The summed E-state index contributed by atoms with van der Waals surface area (Å²) in [7, 11) is 0. The van der Waals surface area contributed by atoms with Crippen LogP contribution in [-0.2, 0) is 4.79 Å². The van der Waals surface area contributed by atoms with Gasteiger partial charge >= 0.3 is 0 Å². The van der Waals surface area contributed by atoms with Gasteiger partial charge in [0.25, 0.3) is 0 Å². The number of hydrogen-bond donors (Lipinski definition) is 3. The minimum Gasteiger partial charge on any atom is -0.409 e. The van der Waals surface area contributed by atoms with Crippen LogP contribution < -0.4 is 5.73 Å². The van der Waals surface area contributed by atoms with Crippen LogP contribution in [0, 0.1) is 0 Å². The van der Waals surface area contributed by atoms with Gasteiger partial charge in [0.05, 0.1) is 6.42 Å². The molecule has 0 radical (unpaired) electrons. The van der Waals surface area contributed by atoms with E-state index in [2.05, 4.69) is 5.16 Å². The number of aliphatic hydroxyl groups is 1. The van der Waals surface area contributed by atoms with Crippen molar-refractivity contribution in [2.75, 3.05) is 13.2 Å². The summed E-state index contributed by atoms with van der Waals surface area (Å²) in [5.74, 6) is -0.302. The molecule has 0 atom stereocenters. The zero-order valence-corrected chi connectivity index (χ0v) is 9.18. The minimum atomic E-state index is -0.200. The molecule has 1 amide bonds. The van der Waals surface area contributed by atoms with Gasteiger partial charge in [0.15, 0.2) is 0 Å². The van der Waals surface area contributed by atoms with Gasteiger partial charge in [0.2, 0.25) is 5.91 Å². The summed E-state index contributed by atoms with van der Waals surface area (Å²) in [5.41, 5.74) is 5.24. The van der Waals surface area contributed by atoms with Crippen molar-refractivity contribution < 1.29 is 15.1 Å². The molecular weight excluding hydrogens is 198 g/mol. The van der Waals surface area contributed by atoms with E-state index in [1.54, 1.807) is 4.90 Å². The van der Waals surface area contributed by atoms with Crippen LogP contribution in [0.25, 0.3) is 0 Å². The number of oxime groups is 1. The Kier molecular flexibility index (Phi) is 6.44. The molecule has 0 aromatic heterocycles. The highest BCUT2D eigenvalue weighted by Gasteiger charge is 2.17. The summed E-state index contributed by atoms with van der Waals surface area (Å²) in [6, 6.07) is 0.0375. The first-order valence-electron chi connectivity index (χ1n) is 4.89. The van der Waals surface area contributed by atoms with Crippen molar-refractivity contribution in [2.45, 2.75) is 32.7 Å². The molecule has 0 aromatic rings. The lowest BCUT2D eigenvalue weighted by molar-refractivity contribution is -0.131. The van der Waals surface area contributed by atoms with Crippen LogP contribution in [0.1, 0.15) is 26.7 Å². The first-order valence-corrected chi connectivity index (χ1v) is 4.89. The molecule has 0 aliphatic rings. The van der Waals surface area contributed by atoms with Crippen molar-refractivity contribution in [3.63, 3.8) is 0 Å². The Hall–Kier alpha value is -1.30. The Morgan fingerprint density at radius 2 is 2.13 bits per heavy atom. The summed E-state index contributed by atoms with van der Waals surface area (Å²) in [6.07, 6.45) is 0.431. The van der Waals surface area contributed by atoms with Crippen LogP contribution in [0.4, 0.5) is 0 Å². The van der Waals surface area contributed by atoms with Crippen molar-refractivity contribution in [1.29, 1.82) is 0 Å². The normalized spacial score (nSPS) is 11.9. The van der Waals surface area contributed by atoms with Gasteiger partial charge in [0, 0.05) is 19.2 Å². The van der Waals surface area contributed by atoms with Gasteiger partial charge in [-0.3, -0.25) is 4.79 Å². The number of nitrogens with two attached hydrogens (primary N) is 1. The maximum absolute atomic E-state index is 11.6. The molecule has 0 saturated heterocycles. The SMILES string of the molecule is CC(C)N(CCCO)C(=O)CC(N)=NO. The molecule has 6 heteroatoms. The molecule has 6 nitrogen and oxygen atoms in total. The standard InChI is InChI=1S/C9H19N3O3/c1-7(2)12(4-3-5-13)9(14)6-8(10)11-15/h7,13,15H,3-6H2,1-2H3,(H2,10,11). The van der Waals surface area contributed by atoms with Crippen LogP contribution in [0.2, 0.25) is 0 Å². The highest BCUT2D eigenvalue weighted by Crippen LogP contribution is 2.03. The predicted octanol–water partition coefficient (Wildman–Crippen LogP) is -0.258. The number of amides is 1. The quantitative estimate of drug-likeness (QED) is 0.247. The second-order valence-corrected chi connectivity index (χ2v) is 3.53. The summed E-state index contributed by atoms with van der Waals surface area (Å²) in [6.45, 7) is 4.27. The monoisotopic (exact) mass is 217 g/mol. The average molecular weight is 217 g/mol. The Bertz CT molecular complexity index is 229. The fourth-order valence-electron chi connectivity index (χ4n) is 1.20. The van der Waals surface area contributed by atoms with Crippen molar-refractivity contribution in [2.24, 2.45) is 10.9 Å². The van der Waals surface area contributed by atoms with E-state index in [1.165, 1.54) is 0 Å². The molecule has 0 saturated carbocycles. The lowest BCUT2D eigenvalue weighted by Crippen LogP contribution is -2.39. The number of nitrogens with zero attached hydrogens (tertiary/aromatic N) is 2. The second-order valence-electron chi connectivity index (χ2n) is 3.53. The third kappa shape index (κ3) is 5.21. The highest BCUT2D eigenvalue weighted by molar-refractivity contribution is 5.98. The number of hydrogen-bond acceptors (Lipinski definition) is 4. The third-order valence-electron chi connectivity index (χ3n) is 1.96. The Morgan fingerprint density at radius 3 is 2.53 bits per heavy atom. The van der Waals surface area contributed by atoms with Gasteiger partial charge in [-0.1, -0.05) is 5.16 Å². The number of carbonyl (C=O) groups is 1.